The second kappa shape index (κ2) is 7.25. The van der Waals surface area contributed by atoms with Crippen molar-refractivity contribution in [2.45, 2.75) is 25.2 Å². The molecule has 1 aliphatic heterocycles. The normalized spacial score (nSPS) is 29.4. The van der Waals surface area contributed by atoms with Crippen LogP contribution in [0.25, 0.3) is 0 Å². The van der Waals surface area contributed by atoms with Gasteiger partial charge in [0.2, 0.25) is 15.9 Å². The maximum absolute atomic E-state index is 13.1. The maximum Gasteiger partial charge on any atom is 0.307 e. The Morgan fingerprint density at radius 1 is 1.00 bits per heavy atom. The molecule has 2 fully saturated rings. The molecule has 1 amide bonds. The summed E-state index contributed by atoms with van der Waals surface area (Å²) in [5.74, 6) is -2.38. The van der Waals surface area contributed by atoms with Crippen LogP contribution < -0.4 is 0 Å². The number of carboxylic acid groups (broad SMARTS) is 1. The first-order valence-electron chi connectivity index (χ1n) is 9.97. The topological polar surface area (TPSA) is 95.0 Å². The van der Waals surface area contributed by atoms with E-state index in [1.165, 1.54) is 4.31 Å². The number of rotatable bonds is 4. The summed E-state index contributed by atoms with van der Waals surface area (Å²) < 4.78 is 27.6. The van der Waals surface area contributed by atoms with Crippen LogP contribution in [0.3, 0.4) is 0 Å². The smallest absolute Gasteiger partial charge is 0.307 e. The second-order valence-electron chi connectivity index (χ2n) is 8.34. The fourth-order valence-electron chi connectivity index (χ4n) is 4.98. The van der Waals surface area contributed by atoms with Crippen LogP contribution in [0.2, 0.25) is 0 Å². The average molecular weight is 419 g/mol. The van der Waals surface area contributed by atoms with Gasteiger partial charge in [-0.2, -0.15) is 4.31 Å². The molecule has 0 radical (unpaired) electrons. The van der Waals surface area contributed by atoms with E-state index >= 15 is 0 Å². The van der Waals surface area contributed by atoms with Crippen molar-refractivity contribution < 1.29 is 23.1 Å². The molecule has 1 aromatic rings. The van der Waals surface area contributed by atoms with Crippen LogP contribution in [0.5, 0.6) is 0 Å². The number of aliphatic carboxylic acids is 1. The standard InChI is InChI=1S/C21H26N2O5S/c1-13-3-4-14(2)17(11-13)29(27,28)23-9-7-22(8-10-23)20(24)18-15-5-6-16(12-15)19(18)21(25)26/h3-6,11,15-16,18-19H,7-10,12H2,1-2H3,(H,25,26)/t15-,16+,18-,19+/m1/s1. The first-order chi connectivity index (χ1) is 13.7. The van der Waals surface area contributed by atoms with Gasteiger partial charge in [-0.25, -0.2) is 8.42 Å². The summed E-state index contributed by atoms with van der Waals surface area (Å²) >= 11 is 0. The Hall–Kier alpha value is -2.19. The minimum Gasteiger partial charge on any atom is -0.481 e. The van der Waals surface area contributed by atoms with Crippen molar-refractivity contribution in [1.82, 2.24) is 9.21 Å². The van der Waals surface area contributed by atoms with E-state index in [1.54, 1.807) is 24.0 Å². The average Bonchev–Trinajstić information content (AvgIpc) is 3.31. The molecule has 7 nitrogen and oxygen atoms in total. The molecule has 1 N–H and O–H groups in total. The number of benzene rings is 1. The number of carbonyl (C=O) groups is 2. The molecule has 1 heterocycles. The van der Waals surface area contributed by atoms with Crippen LogP contribution >= 0.6 is 0 Å². The second-order valence-corrected chi connectivity index (χ2v) is 10.2. The molecule has 156 valence electrons. The number of nitrogens with zero attached hydrogens (tertiary/aromatic N) is 2. The SMILES string of the molecule is Cc1ccc(C)c(S(=O)(=O)N2CCN(C(=O)[C@H]3[C@@H](C(=O)O)[C@H]4C=C[C@@H]3C4)CC2)c1. The van der Waals surface area contributed by atoms with Gasteiger partial charge in [0.15, 0.2) is 0 Å². The largest absolute Gasteiger partial charge is 0.481 e. The van der Waals surface area contributed by atoms with Gasteiger partial charge in [-0.15, -0.1) is 0 Å². The summed E-state index contributed by atoms with van der Waals surface area (Å²) in [5, 5.41) is 9.58. The zero-order valence-corrected chi connectivity index (χ0v) is 17.4. The highest BCUT2D eigenvalue weighted by Gasteiger charge is 2.52. The molecule has 3 aliphatic rings. The Balaban J connectivity index is 1.47. The van der Waals surface area contributed by atoms with E-state index in [-0.39, 0.29) is 43.9 Å². The molecule has 1 saturated heterocycles. The number of fused-ring (bicyclic) bond motifs is 2. The van der Waals surface area contributed by atoms with Gasteiger partial charge in [-0.3, -0.25) is 9.59 Å². The molecule has 2 bridgehead atoms. The number of aryl methyl sites for hydroxylation is 2. The molecular weight excluding hydrogens is 392 g/mol. The Bertz CT molecular complexity index is 979. The third-order valence-corrected chi connectivity index (χ3v) is 8.58. The molecule has 0 spiro atoms. The van der Waals surface area contributed by atoms with Gasteiger partial charge in [0.25, 0.3) is 0 Å². The minimum atomic E-state index is -3.63. The van der Waals surface area contributed by atoms with E-state index in [4.69, 9.17) is 0 Å². The van der Waals surface area contributed by atoms with Crippen LogP contribution in [0.1, 0.15) is 17.5 Å². The summed E-state index contributed by atoms with van der Waals surface area (Å²) in [6, 6.07) is 5.37. The number of sulfonamides is 1. The number of allylic oxidation sites excluding steroid dienone is 2. The maximum atomic E-state index is 13.1. The highest BCUT2D eigenvalue weighted by molar-refractivity contribution is 7.89. The fourth-order valence-corrected chi connectivity index (χ4v) is 6.71. The van der Waals surface area contributed by atoms with Gasteiger partial charge < -0.3 is 10.0 Å². The Kier molecular flexibility index (Phi) is 5.02. The molecule has 29 heavy (non-hydrogen) atoms. The van der Waals surface area contributed by atoms with Crippen LogP contribution in [-0.4, -0.2) is 60.8 Å². The Morgan fingerprint density at radius 3 is 2.24 bits per heavy atom. The summed E-state index contributed by atoms with van der Waals surface area (Å²) in [4.78, 5) is 26.7. The van der Waals surface area contributed by atoms with Crippen molar-refractivity contribution in [3.63, 3.8) is 0 Å². The molecule has 2 aliphatic carbocycles. The highest BCUT2D eigenvalue weighted by Crippen LogP contribution is 2.48. The zero-order chi connectivity index (χ0) is 20.9. The summed E-state index contributed by atoms with van der Waals surface area (Å²) in [6.07, 6.45) is 4.60. The van der Waals surface area contributed by atoms with Crippen molar-refractivity contribution in [3.05, 3.63) is 41.5 Å². The number of piperazine rings is 1. The molecule has 4 atom stereocenters. The number of hydrogen-bond donors (Lipinski definition) is 1. The fraction of sp³-hybridized carbons (Fsp3) is 0.524. The van der Waals surface area contributed by atoms with Crippen molar-refractivity contribution >= 4 is 21.9 Å². The summed E-state index contributed by atoms with van der Waals surface area (Å²) in [6.45, 7) is 4.64. The number of amides is 1. The van der Waals surface area contributed by atoms with Gasteiger partial charge in [0.05, 0.1) is 16.7 Å². The molecule has 1 aromatic carbocycles. The van der Waals surface area contributed by atoms with Crippen molar-refractivity contribution in [3.8, 4) is 0 Å². The molecule has 8 heteroatoms. The molecular formula is C21H26N2O5S. The van der Waals surface area contributed by atoms with E-state index in [2.05, 4.69) is 0 Å². The lowest BCUT2D eigenvalue weighted by Gasteiger charge is -2.37. The van der Waals surface area contributed by atoms with E-state index in [9.17, 15) is 23.1 Å². The van der Waals surface area contributed by atoms with E-state index in [0.29, 0.717) is 16.9 Å². The summed E-state index contributed by atoms with van der Waals surface area (Å²) in [7, 11) is -3.63. The third-order valence-electron chi connectivity index (χ3n) is 6.54. The molecule has 1 saturated carbocycles. The lowest BCUT2D eigenvalue weighted by molar-refractivity contribution is -0.151. The Morgan fingerprint density at radius 2 is 1.62 bits per heavy atom. The van der Waals surface area contributed by atoms with Gasteiger partial charge >= 0.3 is 5.97 Å². The zero-order valence-electron chi connectivity index (χ0n) is 16.6. The van der Waals surface area contributed by atoms with Crippen LogP contribution in [-0.2, 0) is 19.6 Å². The number of carboxylic acids is 1. The molecule has 0 unspecified atom stereocenters. The first-order valence-corrected chi connectivity index (χ1v) is 11.4. The molecule has 4 rings (SSSR count). The third kappa shape index (κ3) is 3.38. The minimum absolute atomic E-state index is 0.0229. The van der Waals surface area contributed by atoms with Crippen LogP contribution in [0.15, 0.2) is 35.2 Å². The lowest BCUT2D eigenvalue weighted by atomic mass is 9.82. The monoisotopic (exact) mass is 418 g/mol. The van der Waals surface area contributed by atoms with Gasteiger partial charge in [-0.05, 0) is 49.3 Å². The van der Waals surface area contributed by atoms with Crippen LogP contribution in [0, 0.1) is 37.5 Å². The molecule has 0 aromatic heterocycles. The van der Waals surface area contributed by atoms with Gasteiger partial charge in [0.1, 0.15) is 0 Å². The highest BCUT2D eigenvalue weighted by atomic mass is 32.2. The number of carbonyl (C=O) groups excluding carboxylic acids is 1. The van der Waals surface area contributed by atoms with E-state index in [1.807, 2.05) is 25.1 Å². The van der Waals surface area contributed by atoms with Crippen LogP contribution in [0.4, 0.5) is 0 Å². The lowest BCUT2D eigenvalue weighted by Crippen LogP contribution is -2.53. The van der Waals surface area contributed by atoms with Crippen molar-refractivity contribution in [2.24, 2.45) is 23.7 Å². The van der Waals surface area contributed by atoms with Crippen molar-refractivity contribution in [2.75, 3.05) is 26.2 Å². The predicted octanol–water partition coefficient (Wildman–Crippen LogP) is 1.66. The van der Waals surface area contributed by atoms with Crippen molar-refractivity contribution in [1.29, 1.82) is 0 Å². The number of hydrogen-bond acceptors (Lipinski definition) is 4. The predicted molar refractivity (Wildman–Crippen MR) is 107 cm³/mol. The first kappa shape index (κ1) is 20.1. The van der Waals surface area contributed by atoms with E-state index < -0.39 is 27.8 Å². The van der Waals surface area contributed by atoms with Gasteiger partial charge in [0, 0.05) is 26.2 Å². The van der Waals surface area contributed by atoms with E-state index in [0.717, 1.165) is 5.56 Å². The summed E-state index contributed by atoms with van der Waals surface area (Å²) in [5.41, 5.74) is 1.58. The Labute approximate surface area is 171 Å². The van der Waals surface area contributed by atoms with Gasteiger partial charge in [-0.1, -0.05) is 24.3 Å². The quantitative estimate of drug-likeness (QED) is 0.751.